The predicted molar refractivity (Wildman–Crippen MR) is 236 cm³/mol. The molecular formula is C54H37NO. The van der Waals surface area contributed by atoms with Crippen LogP contribution in [-0.2, 0) is 0 Å². The molecule has 0 radical (unpaired) electrons. The van der Waals surface area contributed by atoms with Crippen LogP contribution >= 0.6 is 0 Å². The first-order valence-corrected chi connectivity index (χ1v) is 19.1. The molecule has 2 heteroatoms. The fraction of sp³-hybridized carbons (Fsp3) is 0. The van der Waals surface area contributed by atoms with E-state index < -0.39 is 0 Å². The Morgan fingerprint density at radius 2 is 0.786 bits per heavy atom. The summed E-state index contributed by atoms with van der Waals surface area (Å²) in [7, 11) is 0. The van der Waals surface area contributed by atoms with E-state index in [4.69, 9.17) is 4.42 Å². The van der Waals surface area contributed by atoms with Gasteiger partial charge in [-0.1, -0.05) is 182 Å². The number of nitrogens with zero attached hydrogens (tertiary/aromatic N) is 1. The highest BCUT2D eigenvalue weighted by molar-refractivity contribution is 6.17. The molecule has 56 heavy (non-hydrogen) atoms. The molecule has 0 N–H and O–H groups in total. The van der Waals surface area contributed by atoms with E-state index >= 15 is 0 Å². The minimum absolute atomic E-state index is 0.858. The van der Waals surface area contributed by atoms with Gasteiger partial charge in [-0.25, -0.2) is 0 Å². The van der Waals surface area contributed by atoms with Gasteiger partial charge in [0.15, 0.2) is 0 Å². The molecule has 0 aliphatic rings. The number of rotatable bonds is 8. The molecule has 0 aliphatic heterocycles. The van der Waals surface area contributed by atoms with Crippen molar-refractivity contribution in [2.24, 2.45) is 0 Å². The van der Waals surface area contributed by atoms with Crippen LogP contribution in [0.1, 0.15) is 0 Å². The zero-order chi connectivity index (χ0) is 37.3. The fourth-order valence-electron chi connectivity index (χ4n) is 8.09. The van der Waals surface area contributed by atoms with Gasteiger partial charge in [-0.3, -0.25) is 0 Å². The van der Waals surface area contributed by atoms with Gasteiger partial charge in [-0.2, -0.15) is 0 Å². The second-order valence-electron chi connectivity index (χ2n) is 14.1. The highest BCUT2D eigenvalue weighted by Gasteiger charge is 2.25. The van der Waals surface area contributed by atoms with E-state index in [2.05, 4.69) is 223 Å². The summed E-state index contributed by atoms with van der Waals surface area (Å²) in [4.78, 5) is 2.42. The van der Waals surface area contributed by atoms with Crippen LogP contribution in [0.25, 0.3) is 77.6 Å². The Hall–Kier alpha value is -7.42. The third kappa shape index (κ3) is 6.04. The van der Waals surface area contributed by atoms with Crippen molar-refractivity contribution in [3.63, 3.8) is 0 Å². The number of furan rings is 1. The summed E-state index contributed by atoms with van der Waals surface area (Å²) < 4.78 is 6.59. The molecule has 0 fully saturated rings. The van der Waals surface area contributed by atoms with E-state index in [0.717, 1.165) is 61.3 Å². The van der Waals surface area contributed by atoms with Gasteiger partial charge in [0.25, 0.3) is 0 Å². The predicted octanol–water partition coefficient (Wildman–Crippen LogP) is 15.4. The average Bonchev–Trinajstić information content (AvgIpc) is 3.67. The van der Waals surface area contributed by atoms with Gasteiger partial charge in [0, 0.05) is 27.7 Å². The molecule has 0 unspecified atom stereocenters. The Balaban J connectivity index is 1.28. The molecule has 0 atom stereocenters. The fourth-order valence-corrected chi connectivity index (χ4v) is 8.09. The second-order valence-corrected chi connectivity index (χ2v) is 14.1. The van der Waals surface area contributed by atoms with Gasteiger partial charge in [0.1, 0.15) is 11.2 Å². The third-order valence-corrected chi connectivity index (χ3v) is 10.7. The van der Waals surface area contributed by atoms with Crippen molar-refractivity contribution >= 4 is 39.0 Å². The summed E-state index contributed by atoms with van der Waals surface area (Å²) in [5, 5.41) is 2.18. The molecule has 0 aliphatic carbocycles. The maximum Gasteiger partial charge on any atom is 0.136 e. The topological polar surface area (TPSA) is 16.4 Å². The monoisotopic (exact) mass is 715 g/mol. The minimum Gasteiger partial charge on any atom is -0.456 e. The van der Waals surface area contributed by atoms with E-state index in [1.54, 1.807) is 0 Å². The quantitative estimate of drug-likeness (QED) is 0.156. The summed E-state index contributed by atoms with van der Waals surface area (Å²) in [6, 6.07) is 80.1. The highest BCUT2D eigenvalue weighted by Crippen LogP contribution is 2.50. The molecule has 1 aromatic heterocycles. The van der Waals surface area contributed by atoms with Crippen molar-refractivity contribution in [3.8, 4) is 55.6 Å². The van der Waals surface area contributed by atoms with Crippen LogP contribution in [0, 0.1) is 0 Å². The van der Waals surface area contributed by atoms with Crippen LogP contribution in [0.15, 0.2) is 229 Å². The Morgan fingerprint density at radius 1 is 0.304 bits per heavy atom. The molecule has 264 valence electrons. The van der Waals surface area contributed by atoms with E-state index in [9.17, 15) is 0 Å². The normalized spacial score (nSPS) is 11.2. The van der Waals surface area contributed by atoms with Crippen molar-refractivity contribution < 1.29 is 4.42 Å². The zero-order valence-electron chi connectivity index (χ0n) is 30.7. The standard InChI is InChI=1S/C54H37NO/c1-5-17-38(18-6-1)39-29-31-43(32-30-39)55(44-33-34-46(41-21-9-3-10-22-41)49(37-44)42-23-11-4-12-24-42)50-35-36-52-54(48-27-15-16-28-51(48)56-52)53(50)47-26-14-13-25-45(47)40-19-7-2-8-20-40/h1-37H. The lowest BCUT2D eigenvalue weighted by atomic mass is 9.89. The van der Waals surface area contributed by atoms with Crippen molar-refractivity contribution in [3.05, 3.63) is 224 Å². The molecule has 0 amide bonds. The number of anilines is 3. The first kappa shape index (κ1) is 33.2. The summed E-state index contributed by atoms with van der Waals surface area (Å²) >= 11 is 0. The molecule has 0 spiro atoms. The first-order valence-electron chi connectivity index (χ1n) is 19.1. The van der Waals surface area contributed by atoms with Gasteiger partial charge in [-0.15, -0.1) is 0 Å². The molecular weight excluding hydrogens is 679 g/mol. The Kier molecular flexibility index (Phi) is 8.55. The summed E-state index contributed by atoms with van der Waals surface area (Å²) in [6.07, 6.45) is 0. The Labute approximate surface area is 327 Å². The number of fused-ring (bicyclic) bond motifs is 3. The summed E-state index contributed by atoms with van der Waals surface area (Å²) in [5.74, 6) is 0. The van der Waals surface area contributed by atoms with Crippen molar-refractivity contribution in [2.75, 3.05) is 4.90 Å². The van der Waals surface area contributed by atoms with E-state index in [0.29, 0.717) is 0 Å². The minimum atomic E-state index is 0.858. The smallest absolute Gasteiger partial charge is 0.136 e. The number of hydrogen-bond acceptors (Lipinski definition) is 2. The third-order valence-electron chi connectivity index (χ3n) is 10.7. The molecule has 9 aromatic carbocycles. The number of hydrogen-bond donors (Lipinski definition) is 0. The van der Waals surface area contributed by atoms with Crippen LogP contribution in [0.4, 0.5) is 17.1 Å². The maximum absolute atomic E-state index is 6.59. The highest BCUT2D eigenvalue weighted by atomic mass is 16.3. The molecule has 0 saturated carbocycles. The van der Waals surface area contributed by atoms with Crippen LogP contribution < -0.4 is 4.90 Å². The number of benzene rings is 9. The van der Waals surface area contributed by atoms with Gasteiger partial charge >= 0.3 is 0 Å². The molecule has 2 nitrogen and oxygen atoms in total. The SMILES string of the molecule is c1ccc(-c2ccc(N(c3ccc(-c4ccccc4)c(-c4ccccc4)c3)c3ccc4oc5ccccc5c4c3-c3ccccc3-c3ccccc3)cc2)cc1. The van der Waals surface area contributed by atoms with Crippen LogP contribution in [0.2, 0.25) is 0 Å². The van der Waals surface area contributed by atoms with Crippen molar-refractivity contribution in [2.45, 2.75) is 0 Å². The van der Waals surface area contributed by atoms with Gasteiger partial charge < -0.3 is 9.32 Å². The lowest BCUT2D eigenvalue weighted by Crippen LogP contribution is -2.12. The lowest BCUT2D eigenvalue weighted by Gasteiger charge is -2.30. The second kappa shape index (κ2) is 14.4. The Bertz CT molecular complexity index is 2930. The van der Waals surface area contributed by atoms with Crippen LogP contribution in [-0.4, -0.2) is 0 Å². The lowest BCUT2D eigenvalue weighted by molar-refractivity contribution is 0.669. The van der Waals surface area contributed by atoms with Crippen LogP contribution in [0.5, 0.6) is 0 Å². The van der Waals surface area contributed by atoms with Crippen LogP contribution in [0.3, 0.4) is 0 Å². The van der Waals surface area contributed by atoms with Gasteiger partial charge in [0.2, 0.25) is 0 Å². The Morgan fingerprint density at radius 3 is 1.43 bits per heavy atom. The maximum atomic E-state index is 6.59. The van der Waals surface area contributed by atoms with Gasteiger partial charge in [-0.05, 0) is 92.5 Å². The summed E-state index contributed by atoms with van der Waals surface area (Å²) in [6.45, 7) is 0. The van der Waals surface area contributed by atoms with Gasteiger partial charge in [0.05, 0.1) is 5.69 Å². The molecule has 10 rings (SSSR count). The van der Waals surface area contributed by atoms with Crippen molar-refractivity contribution in [1.82, 2.24) is 0 Å². The average molecular weight is 716 g/mol. The van der Waals surface area contributed by atoms with E-state index in [1.165, 1.54) is 33.4 Å². The largest absolute Gasteiger partial charge is 0.456 e. The van der Waals surface area contributed by atoms with E-state index in [-0.39, 0.29) is 0 Å². The molecule has 0 bridgehead atoms. The number of para-hydroxylation sites is 1. The zero-order valence-corrected chi connectivity index (χ0v) is 30.7. The van der Waals surface area contributed by atoms with Crippen molar-refractivity contribution in [1.29, 1.82) is 0 Å². The summed E-state index contributed by atoms with van der Waals surface area (Å²) in [5.41, 5.74) is 16.5. The molecule has 1 heterocycles. The van der Waals surface area contributed by atoms with E-state index in [1.807, 2.05) is 6.07 Å². The molecule has 0 saturated heterocycles. The molecule has 10 aromatic rings. The first-order chi connectivity index (χ1) is 27.8.